The van der Waals surface area contributed by atoms with Crippen LogP contribution in [0.3, 0.4) is 0 Å². The van der Waals surface area contributed by atoms with Crippen LogP contribution >= 0.6 is 0 Å². The Balaban J connectivity index is 1.21. The Morgan fingerprint density at radius 2 is 1.63 bits per heavy atom. The van der Waals surface area contributed by atoms with E-state index in [0.717, 1.165) is 43.0 Å². The summed E-state index contributed by atoms with van der Waals surface area (Å²) in [7, 11) is 1.70. The average molecular weight is 561 g/mol. The van der Waals surface area contributed by atoms with Crippen molar-refractivity contribution in [3.05, 3.63) is 59.2 Å². The quantitative estimate of drug-likeness (QED) is 0.609. The van der Waals surface area contributed by atoms with Gasteiger partial charge in [-0.05, 0) is 70.6 Å². The molecule has 41 heavy (non-hydrogen) atoms. The molecular formula is C33H40N2O6. The smallest absolute Gasteiger partial charge is 0.166 e. The Bertz CT molecular complexity index is 1440. The fraction of sp³-hybridized carbons (Fsp3) is 0.636. The second-order valence-electron chi connectivity index (χ2n) is 14.5. The highest BCUT2D eigenvalue weighted by molar-refractivity contribution is 5.63. The number of rotatable bonds is 3. The number of fused-ring (bicyclic) bond motifs is 2. The van der Waals surface area contributed by atoms with E-state index in [1.807, 2.05) is 6.07 Å². The molecule has 0 unspecified atom stereocenters. The zero-order chi connectivity index (χ0) is 28.2. The summed E-state index contributed by atoms with van der Waals surface area (Å²) >= 11 is 0. The summed E-state index contributed by atoms with van der Waals surface area (Å²) in [4.78, 5) is 4.83. The molecule has 8 nitrogen and oxygen atoms in total. The summed E-state index contributed by atoms with van der Waals surface area (Å²) in [6, 6.07) is 14.8. The minimum atomic E-state index is -0.976. The van der Waals surface area contributed by atoms with Gasteiger partial charge in [0.2, 0.25) is 0 Å². The first-order valence-electron chi connectivity index (χ1n) is 15.2. The first kappa shape index (κ1) is 25.3. The topological polar surface area (TPSA) is 72.9 Å². The summed E-state index contributed by atoms with van der Waals surface area (Å²) < 4.78 is 33.7. The zero-order valence-corrected chi connectivity index (χ0v) is 24.6. The normalized spacial score (nSPS) is 44.1. The van der Waals surface area contributed by atoms with Gasteiger partial charge in [0.15, 0.2) is 11.5 Å². The van der Waals surface area contributed by atoms with Crippen molar-refractivity contribution in [3.8, 4) is 11.5 Å². The molecule has 2 bridgehead atoms. The van der Waals surface area contributed by atoms with Gasteiger partial charge in [0.05, 0.1) is 18.1 Å². The van der Waals surface area contributed by atoms with E-state index in [0.29, 0.717) is 12.8 Å². The second-order valence-corrected chi connectivity index (χ2v) is 14.5. The van der Waals surface area contributed by atoms with Crippen LogP contribution in [-0.4, -0.2) is 81.8 Å². The molecule has 4 saturated heterocycles. The van der Waals surface area contributed by atoms with Gasteiger partial charge in [-0.3, -0.25) is 4.90 Å². The Kier molecular flexibility index (Phi) is 4.72. The Morgan fingerprint density at radius 3 is 2.39 bits per heavy atom. The van der Waals surface area contributed by atoms with Crippen molar-refractivity contribution in [1.82, 2.24) is 9.80 Å². The Hall–Kier alpha value is -2.20. The van der Waals surface area contributed by atoms with E-state index >= 15 is 0 Å². The second kappa shape index (κ2) is 7.65. The van der Waals surface area contributed by atoms with Crippen LogP contribution in [0.4, 0.5) is 0 Å². The van der Waals surface area contributed by atoms with Gasteiger partial charge in [-0.15, -0.1) is 0 Å². The maximum absolute atomic E-state index is 13.1. The number of piperidine rings is 1. The van der Waals surface area contributed by atoms with E-state index in [2.05, 4.69) is 73.9 Å². The number of hydrogen-bond acceptors (Lipinski definition) is 8. The van der Waals surface area contributed by atoms with Gasteiger partial charge in [-0.2, -0.15) is 0 Å². The molecule has 9 rings (SSSR count). The standard InChI is InChI=1S/C33H40N2O6/c1-29(2)26-35-27(30(3,4)39-26)41-32(28(35)40-29)13-14-33(36)22-17-20-11-12-21(37-5)24-23(20)31(33,25(32)38-24)15-16-34(22)18-19-9-7-6-8-10-19/h6-12,22,25-28,36H,13-18H2,1-5H3/t22-,25-,26+,27+,28+,31+,32+,33-/m1/s1. The van der Waals surface area contributed by atoms with E-state index in [1.54, 1.807) is 7.11 Å². The Labute approximate surface area is 241 Å². The molecule has 5 heterocycles. The van der Waals surface area contributed by atoms with Gasteiger partial charge >= 0.3 is 0 Å². The lowest BCUT2D eigenvalue weighted by atomic mass is 9.46. The van der Waals surface area contributed by atoms with Gasteiger partial charge in [-0.1, -0.05) is 36.4 Å². The molecule has 2 aromatic carbocycles. The summed E-state index contributed by atoms with van der Waals surface area (Å²) in [5.74, 6) is 1.51. The molecular weight excluding hydrogens is 520 g/mol. The van der Waals surface area contributed by atoms with Crippen LogP contribution in [0.5, 0.6) is 11.5 Å². The average Bonchev–Trinajstić information content (AvgIpc) is 3.61. The monoisotopic (exact) mass is 560 g/mol. The predicted molar refractivity (Wildman–Crippen MR) is 150 cm³/mol. The van der Waals surface area contributed by atoms with Crippen LogP contribution in [0.25, 0.3) is 0 Å². The van der Waals surface area contributed by atoms with E-state index in [9.17, 15) is 5.11 Å². The van der Waals surface area contributed by atoms with E-state index in [4.69, 9.17) is 23.7 Å². The van der Waals surface area contributed by atoms with Crippen LogP contribution in [0.15, 0.2) is 42.5 Å². The van der Waals surface area contributed by atoms with E-state index in [-0.39, 0.29) is 24.7 Å². The van der Waals surface area contributed by atoms with Gasteiger partial charge in [-0.25, -0.2) is 4.90 Å². The predicted octanol–water partition coefficient (Wildman–Crippen LogP) is 3.72. The van der Waals surface area contributed by atoms with Crippen molar-refractivity contribution in [1.29, 1.82) is 0 Å². The molecule has 2 aromatic rings. The molecule has 1 saturated carbocycles. The number of nitrogens with zero attached hydrogens (tertiary/aromatic N) is 2. The molecule has 8 heteroatoms. The molecule has 218 valence electrons. The minimum Gasteiger partial charge on any atom is -0.493 e. The summed E-state index contributed by atoms with van der Waals surface area (Å²) in [6.45, 7) is 10.1. The number of likely N-dealkylation sites (tertiary alicyclic amines) is 1. The van der Waals surface area contributed by atoms with Gasteiger partial charge < -0.3 is 28.8 Å². The molecule has 0 aromatic heterocycles. The van der Waals surface area contributed by atoms with Crippen molar-refractivity contribution < 1.29 is 28.8 Å². The third-order valence-electron chi connectivity index (χ3n) is 11.7. The highest BCUT2D eigenvalue weighted by atomic mass is 16.7. The molecule has 1 N–H and O–H groups in total. The lowest BCUT2D eigenvalue weighted by Crippen LogP contribution is -2.80. The molecule has 7 aliphatic rings. The molecule has 0 radical (unpaired) electrons. The van der Waals surface area contributed by atoms with Crippen molar-refractivity contribution in [3.63, 3.8) is 0 Å². The maximum atomic E-state index is 13.1. The molecule has 2 spiro atoms. The van der Waals surface area contributed by atoms with Crippen molar-refractivity contribution >= 4 is 0 Å². The molecule has 8 atom stereocenters. The van der Waals surface area contributed by atoms with Gasteiger partial charge in [0, 0.05) is 24.7 Å². The SMILES string of the molecule is COc1ccc2c3c1O[C@H]1[C@]4(CC[C@@]5(O)[C@@H](C2)N(Cc2ccccc2)CC[C@]315)O[C@@H]1N2[C@@H](OC1(C)C)C(C)(C)O[C@H]24. The van der Waals surface area contributed by atoms with Crippen LogP contribution < -0.4 is 9.47 Å². The fourth-order valence-electron chi connectivity index (χ4n) is 10.1. The third kappa shape index (κ3) is 2.79. The molecule has 5 fully saturated rings. The number of benzene rings is 2. The molecule has 5 aliphatic heterocycles. The van der Waals surface area contributed by atoms with Crippen molar-refractivity contribution in [2.24, 2.45) is 0 Å². The first-order valence-corrected chi connectivity index (χ1v) is 15.2. The summed E-state index contributed by atoms with van der Waals surface area (Å²) in [6.07, 6.45) is 1.62. The van der Waals surface area contributed by atoms with Crippen LogP contribution in [-0.2, 0) is 32.6 Å². The van der Waals surface area contributed by atoms with Crippen LogP contribution in [0.2, 0.25) is 0 Å². The fourth-order valence-corrected chi connectivity index (χ4v) is 10.1. The molecule has 2 aliphatic carbocycles. The van der Waals surface area contributed by atoms with Crippen LogP contribution in [0, 0.1) is 0 Å². The van der Waals surface area contributed by atoms with Gasteiger partial charge in [0.1, 0.15) is 41.6 Å². The maximum Gasteiger partial charge on any atom is 0.166 e. The minimum absolute atomic E-state index is 0.0265. The molecule has 0 amide bonds. The largest absolute Gasteiger partial charge is 0.493 e. The first-order chi connectivity index (χ1) is 19.6. The Morgan fingerprint density at radius 1 is 0.902 bits per heavy atom. The van der Waals surface area contributed by atoms with Crippen LogP contribution in [0.1, 0.15) is 63.6 Å². The number of methoxy groups -OCH3 is 1. The number of ether oxygens (including phenoxy) is 5. The van der Waals surface area contributed by atoms with E-state index in [1.165, 1.54) is 11.1 Å². The lowest BCUT2D eigenvalue weighted by molar-refractivity contribution is -0.267. The highest BCUT2D eigenvalue weighted by Gasteiger charge is 2.83. The summed E-state index contributed by atoms with van der Waals surface area (Å²) in [5.41, 5.74) is 0.305. The summed E-state index contributed by atoms with van der Waals surface area (Å²) in [5, 5.41) is 13.1. The lowest BCUT2D eigenvalue weighted by Gasteiger charge is -2.66. The van der Waals surface area contributed by atoms with E-state index < -0.39 is 33.9 Å². The number of hydrogen-bond donors (Lipinski definition) is 1. The number of aliphatic hydroxyl groups is 1. The van der Waals surface area contributed by atoms with Crippen molar-refractivity contribution in [2.75, 3.05) is 13.7 Å². The highest BCUT2D eigenvalue weighted by Crippen LogP contribution is 2.71. The zero-order valence-electron chi connectivity index (χ0n) is 24.6. The van der Waals surface area contributed by atoms with Gasteiger partial charge in [0.25, 0.3) is 0 Å². The van der Waals surface area contributed by atoms with Crippen molar-refractivity contribution in [2.45, 2.75) is 119 Å². The third-order valence-corrected chi connectivity index (χ3v) is 11.7.